The minimum Gasteiger partial charge on any atom is -0.474 e. The Balaban J connectivity index is 1.19. The molecule has 4 N–H and O–H groups in total. The minimum absolute atomic E-state index is 0.0486. The van der Waals surface area contributed by atoms with Crippen molar-refractivity contribution in [1.82, 2.24) is 20.5 Å². The number of rotatable bonds is 8. The van der Waals surface area contributed by atoms with Gasteiger partial charge in [0.1, 0.15) is 23.3 Å². The number of carbonyl (C=O) groups is 4. The molecule has 0 bridgehead atoms. The van der Waals surface area contributed by atoms with E-state index in [2.05, 4.69) is 15.6 Å². The Bertz CT molecular complexity index is 1010. The molecule has 1 aromatic rings. The summed E-state index contributed by atoms with van der Waals surface area (Å²) < 4.78 is 11.1. The summed E-state index contributed by atoms with van der Waals surface area (Å²) in [5.74, 6) is -0.549. The van der Waals surface area contributed by atoms with Gasteiger partial charge in [-0.15, -0.1) is 0 Å². The lowest BCUT2D eigenvalue weighted by Crippen LogP contribution is -2.60. The third-order valence-electron chi connectivity index (χ3n) is 6.73. The molecule has 11 nitrogen and oxygen atoms in total. The van der Waals surface area contributed by atoms with E-state index in [0.29, 0.717) is 19.4 Å². The lowest BCUT2D eigenvalue weighted by Gasteiger charge is -2.58. The van der Waals surface area contributed by atoms with Gasteiger partial charge in [0, 0.05) is 18.8 Å². The molecule has 2 saturated carbocycles. The van der Waals surface area contributed by atoms with Gasteiger partial charge in [0.2, 0.25) is 5.88 Å². The first kappa shape index (κ1) is 24.7. The molecule has 1 aliphatic heterocycles. The summed E-state index contributed by atoms with van der Waals surface area (Å²) in [7, 11) is 0. The molecule has 3 fully saturated rings. The van der Waals surface area contributed by atoms with Gasteiger partial charge in [-0.25, -0.2) is 14.6 Å². The number of amides is 5. The van der Waals surface area contributed by atoms with E-state index in [1.807, 2.05) is 0 Å². The van der Waals surface area contributed by atoms with Crippen molar-refractivity contribution in [3.05, 3.63) is 23.9 Å². The van der Waals surface area contributed by atoms with Gasteiger partial charge in [-0.05, 0) is 76.8 Å². The Morgan fingerprint density at radius 3 is 2.63 bits per heavy atom. The fourth-order valence-electron chi connectivity index (χ4n) is 5.18. The number of imide groups is 1. The van der Waals surface area contributed by atoms with Crippen LogP contribution in [0.3, 0.4) is 0 Å². The summed E-state index contributed by atoms with van der Waals surface area (Å²) in [5.41, 5.74) is 5.11. The smallest absolute Gasteiger partial charge is 0.407 e. The summed E-state index contributed by atoms with van der Waals surface area (Å²) in [4.78, 5) is 54.1. The summed E-state index contributed by atoms with van der Waals surface area (Å²) in [6.07, 6.45) is 5.00. The number of ether oxygens (including phenoxy) is 2. The minimum atomic E-state index is -0.584. The van der Waals surface area contributed by atoms with Crippen molar-refractivity contribution in [2.24, 2.45) is 11.1 Å². The van der Waals surface area contributed by atoms with Gasteiger partial charge < -0.3 is 25.8 Å². The Labute approximate surface area is 204 Å². The molecule has 0 radical (unpaired) electrons. The normalized spacial score (nSPS) is 27.6. The summed E-state index contributed by atoms with van der Waals surface area (Å²) in [6, 6.07) is 2.17. The van der Waals surface area contributed by atoms with Crippen LogP contribution in [0.4, 0.5) is 9.59 Å². The Hall–Kier alpha value is -3.37. The maximum atomic E-state index is 12.8. The Morgan fingerprint density at radius 1 is 1.26 bits per heavy atom. The van der Waals surface area contributed by atoms with Crippen LogP contribution < -0.4 is 21.1 Å². The largest absolute Gasteiger partial charge is 0.474 e. The van der Waals surface area contributed by atoms with Crippen molar-refractivity contribution < 1.29 is 28.7 Å². The number of nitrogens with two attached hydrogens (primary N) is 1. The van der Waals surface area contributed by atoms with Crippen molar-refractivity contribution in [2.45, 2.75) is 83.1 Å². The number of pyridine rings is 1. The molecule has 1 unspecified atom stereocenters. The van der Waals surface area contributed by atoms with Crippen molar-refractivity contribution in [3.63, 3.8) is 0 Å². The number of primary amides is 1. The predicted octanol–water partition coefficient (Wildman–Crippen LogP) is 2.10. The number of nitrogens with zero attached hydrogens (tertiary/aromatic N) is 2. The summed E-state index contributed by atoms with van der Waals surface area (Å²) >= 11 is 0. The molecule has 5 amide bonds. The molecule has 1 saturated heterocycles. The lowest BCUT2D eigenvalue weighted by atomic mass is 9.52. The zero-order valence-electron chi connectivity index (χ0n) is 20.3. The van der Waals surface area contributed by atoms with Gasteiger partial charge in [0.15, 0.2) is 0 Å². The fraction of sp³-hybridized carbons (Fsp3) is 0.625. The third kappa shape index (κ3) is 5.49. The standard InChI is InChI=1S/C24H33N5O6/c1-23(2,3)35-22(33)27-9-5-7-17-20(31)29(21(32)28-17)14-10-24(11-14)12-15(13-24)34-19-16(18(25)30)6-4-8-26-19/h4,6,8,14-15,17H,5,7,9-13H2,1-3H3,(H2,25,30)(H,27,33)(H,28,32). The van der Waals surface area contributed by atoms with E-state index in [1.54, 1.807) is 39.1 Å². The van der Waals surface area contributed by atoms with Crippen LogP contribution in [0.1, 0.15) is 69.7 Å². The van der Waals surface area contributed by atoms with Crippen LogP contribution >= 0.6 is 0 Å². The van der Waals surface area contributed by atoms with E-state index in [0.717, 1.165) is 25.7 Å². The zero-order chi connectivity index (χ0) is 25.4. The van der Waals surface area contributed by atoms with Crippen LogP contribution in [0.25, 0.3) is 0 Å². The first-order valence-corrected chi connectivity index (χ1v) is 12.0. The Morgan fingerprint density at radius 2 is 1.97 bits per heavy atom. The van der Waals surface area contributed by atoms with E-state index < -0.39 is 23.6 Å². The number of carbonyl (C=O) groups excluding carboxylic acids is 4. The number of alkyl carbamates (subject to hydrolysis) is 1. The quantitative estimate of drug-likeness (QED) is 0.375. The van der Waals surface area contributed by atoms with Crippen molar-refractivity contribution in [3.8, 4) is 5.88 Å². The maximum Gasteiger partial charge on any atom is 0.407 e. The van der Waals surface area contributed by atoms with Gasteiger partial charge in [0.05, 0.1) is 0 Å². The van der Waals surface area contributed by atoms with E-state index in [4.69, 9.17) is 15.2 Å². The molecule has 0 aromatic carbocycles. The van der Waals surface area contributed by atoms with Crippen molar-refractivity contribution >= 4 is 23.9 Å². The second-order valence-corrected chi connectivity index (χ2v) is 10.7. The summed E-state index contributed by atoms with van der Waals surface area (Å²) in [6.45, 7) is 5.72. The van der Waals surface area contributed by atoms with Crippen LogP contribution in [0.5, 0.6) is 5.88 Å². The number of aromatic nitrogens is 1. The van der Waals surface area contributed by atoms with Crippen LogP contribution in [0, 0.1) is 5.41 Å². The molecule has 35 heavy (non-hydrogen) atoms. The van der Waals surface area contributed by atoms with Gasteiger partial charge in [-0.2, -0.15) is 0 Å². The fourth-order valence-corrected chi connectivity index (χ4v) is 5.18. The second-order valence-electron chi connectivity index (χ2n) is 10.7. The van der Waals surface area contributed by atoms with Crippen LogP contribution in [0.2, 0.25) is 0 Å². The van der Waals surface area contributed by atoms with Gasteiger partial charge in [-0.1, -0.05) is 0 Å². The number of urea groups is 1. The van der Waals surface area contributed by atoms with Crippen LogP contribution in [-0.4, -0.2) is 64.2 Å². The van der Waals surface area contributed by atoms with Crippen LogP contribution in [-0.2, 0) is 9.53 Å². The maximum absolute atomic E-state index is 12.8. The molecule has 1 aromatic heterocycles. The van der Waals surface area contributed by atoms with E-state index in [9.17, 15) is 19.2 Å². The molecule has 3 aliphatic rings. The molecule has 1 spiro atoms. The van der Waals surface area contributed by atoms with E-state index in [-0.39, 0.29) is 40.9 Å². The van der Waals surface area contributed by atoms with E-state index >= 15 is 0 Å². The topological polar surface area (TPSA) is 153 Å². The van der Waals surface area contributed by atoms with Crippen LogP contribution in [0.15, 0.2) is 18.3 Å². The summed E-state index contributed by atoms with van der Waals surface area (Å²) in [5, 5.41) is 5.43. The molecule has 1 atom stereocenters. The lowest BCUT2D eigenvalue weighted by molar-refractivity contribution is -0.140. The highest BCUT2D eigenvalue weighted by molar-refractivity contribution is 6.04. The Kier molecular flexibility index (Phi) is 6.61. The zero-order valence-corrected chi connectivity index (χ0v) is 20.3. The highest BCUT2D eigenvalue weighted by Gasteiger charge is 2.58. The first-order valence-electron chi connectivity index (χ1n) is 12.0. The number of hydrogen-bond donors (Lipinski definition) is 3. The monoisotopic (exact) mass is 487 g/mol. The number of nitrogens with one attached hydrogen (secondary N) is 2. The molecule has 4 rings (SSSR count). The highest BCUT2D eigenvalue weighted by Crippen LogP contribution is 2.58. The van der Waals surface area contributed by atoms with Crippen molar-refractivity contribution in [1.29, 1.82) is 0 Å². The van der Waals surface area contributed by atoms with E-state index in [1.165, 1.54) is 4.90 Å². The first-order chi connectivity index (χ1) is 16.5. The highest BCUT2D eigenvalue weighted by atomic mass is 16.6. The van der Waals surface area contributed by atoms with Crippen molar-refractivity contribution in [2.75, 3.05) is 6.54 Å². The number of hydrogen-bond acceptors (Lipinski definition) is 7. The molecule has 11 heteroatoms. The average Bonchev–Trinajstić information content (AvgIpc) is 2.98. The van der Waals surface area contributed by atoms with Gasteiger partial charge in [-0.3, -0.25) is 14.5 Å². The molecular formula is C24H33N5O6. The predicted molar refractivity (Wildman–Crippen MR) is 124 cm³/mol. The van der Waals surface area contributed by atoms with Gasteiger partial charge in [0.25, 0.3) is 11.8 Å². The molecule has 2 heterocycles. The molecular weight excluding hydrogens is 454 g/mol. The van der Waals surface area contributed by atoms with Gasteiger partial charge >= 0.3 is 12.1 Å². The SMILES string of the molecule is CC(C)(C)OC(=O)NCCCC1NC(=O)N(C2CC3(CC(Oc4ncccc4C(N)=O)C3)C2)C1=O. The third-order valence-corrected chi connectivity index (χ3v) is 6.73. The average molecular weight is 488 g/mol. The second kappa shape index (κ2) is 9.35. The molecule has 2 aliphatic carbocycles. The molecule has 190 valence electrons.